The number of aromatic nitrogens is 2. The predicted octanol–water partition coefficient (Wildman–Crippen LogP) is 1.78. The van der Waals surface area contributed by atoms with Crippen molar-refractivity contribution < 1.29 is 9.47 Å². The summed E-state index contributed by atoms with van der Waals surface area (Å²) in [6.45, 7) is 10.7. The Bertz CT molecular complexity index is 350. The molecule has 1 rings (SSSR count). The highest BCUT2D eigenvalue weighted by Gasteiger charge is 2.09. The third-order valence-electron chi connectivity index (χ3n) is 2.14. The average molecular weight is 253 g/mol. The lowest BCUT2D eigenvalue weighted by atomic mass is 10.1. The van der Waals surface area contributed by atoms with Gasteiger partial charge in [-0.1, -0.05) is 0 Å². The molecule has 5 heteroatoms. The number of hydrogen-bond donors (Lipinski definition) is 1. The molecule has 0 fully saturated rings. The maximum atomic E-state index is 5.45. The summed E-state index contributed by atoms with van der Waals surface area (Å²) in [7, 11) is 0. The van der Waals surface area contributed by atoms with Crippen LogP contribution in [0.2, 0.25) is 0 Å². The van der Waals surface area contributed by atoms with Crippen molar-refractivity contribution in [1.82, 2.24) is 15.3 Å². The van der Waals surface area contributed by atoms with Crippen LogP contribution in [0.1, 0.15) is 33.4 Å². The second-order valence-electron chi connectivity index (χ2n) is 5.00. The van der Waals surface area contributed by atoms with Gasteiger partial charge in [0.15, 0.2) is 0 Å². The molecule has 1 aromatic rings. The van der Waals surface area contributed by atoms with Crippen LogP contribution in [0.15, 0.2) is 12.4 Å². The van der Waals surface area contributed by atoms with E-state index in [2.05, 4.69) is 36.1 Å². The predicted molar refractivity (Wildman–Crippen MR) is 70.6 cm³/mol. The Balaban J connectivity index is 2.41. The zero-order valence-electron chi connectivity index (χ0n) is 11.7. The molecule has 0 saturated carbocycles. The van der Waals surface area contributed by atoms with E-state index in [1.165, 1.54) is 0 Å². The second-order valence-corrected chi connectivity index (χ2v) is 5.00. The van der Waals surface area contributed by atoms with Crippen LogP contribution in [0.4, 0.5) is 0 Å². The Morgan fingerprint density at radius 2 is 2.00 bits per heavy atom. The summed E-state index contributed by atoms with van der Waals surface area (Å²) in [5, 5.41) is 3.36. The van der Waals surface area contributed by atoms with Gasteiger partial charge < -0.3 is 14.8 Å². The van der Waals surface area contributed by atoms with Gasteiger partial charge in [0.25, 0.3) is 0 Å². The summed E-state index contributed by atoms with van der Waals surface area (Å²) >= 11 is 0. The lowest BCUT2D eigenvalue weighted by Gasteiger charge is -2.20. The van der Waals surface area contributed by atoms with Crippen LogP contribution in [0.3, 0.4) is 0 Å². The number of ether oxygens (including phenoxy) is 2. The smallest absolute Gasteiger partial charge is 0.232 e. The van der Waals surface area contributed by atoms with Crippen molar-refractivity contribution in [3.05, 3.63) is 18.1 Å². The van der Waals surface area contributed by atoms with E-state index in [-0.39, 0.29) is 5.54 Å². The molecule has 1 aromatic heterocycles. The lowest BCUT2D eigenvalue weighted by Crippen LogP contribution is -2.35. The molecule has 18 heavy (non-hydrogen) atoms. The summed E-state index contributed by atoms with van der Waals surface area (Å²) in [6.07, 6.45) is 3.36. The lowest BCUT2D eigenvalue weighted by molar-refractivity contribution is 0.108. The monoisotopic (exact) mass is 253 g/mol. The highest BCUT2D eigenvalue weighted by atomic mass is 16.5. The molecule has 102 valence electrons. The Hall–Kier alpha value is -1.20. The first-order valence-corrected chi connectivity index (χ1v) is 6.28. The van der Waals surface area contributed by atoms with Gasteiger partial charge in [-0.3, -0.25) is 4.98 Å². The van der Waals surface area contributed by atoms with Crippen LogP contribution >= 0.6 is 0 Å². The zero-order valence-corrected chi connectivity index (χ0v) is 11.7. The highest BCUT2D eigenvalue weighted by Crippen LogP contribution is 2.06. The van der Waals surface area contributed by atoms with Crippen LogP contribution in [-0.4, -0.2) is 35.3 Å². The summed E-state index contributed by atoms with van der Waals surface area (Å²) in [5.74, 6) is 0.544. The number of nitrogens with one attached hydrogen (secondary N) is 1. The fourth-order valence-corrected chi connectivity index (χ4v) is 1.25. The van der Waals surface area contributed by atoms with Crippen molar-refractivity contribution in [3.63, 3.8) is 0 Å². The standard InChI is InChI=1S/C13H23N3O2/c1-5-17-6-7-18-12-10-14-8-11(16-12)9-15-13(2,3)4/h8,10,15H,5-7,9H2,1-4H3. The minimum Gasteiger partial charge on any atom is -0.474 e. The normalized spacial score (nSPS) is 11.6. The largest absolute Gasteiger partial charge is 0.474 e. The van der Waals surface area contributed by atoms with Crippen molar-refractivity contribution in [2.75, 3.05) is 19.8 Å². The summed E-state index contributed by atoms with van der Waals surface area (Å²) in [5.41, 5.74) is 0.937. The molecule has 0 aromatic carbocycles. The molecule has 0 amide bonds. The van der Waals surface area contributed by atoms with Gasteiger partial charge in [0.05, 0.1) is 18.5 Å². The van der Waals surface area contributed by atoms with E-state index in [9.17, 15) is 0 Å². The van der Waals surface area contributed by atoms with E-state index in [0.717, 1.165) is 5.69 Å². The Morgan fingerprint density at radius 3 is 2.67 bits per heavy atom. The van der Waals surface area contributed by atoms with Crippen LogP contribution in [0.25, 0.3) is 0 Å². The molecule has 0 radical (unpaired) electrons. The number of hydrogen-bond acceptors (Lipinski definition) is 5. The van der Waals surface area contributed by atoms with Crippen molar-refractivity contribution >= 4 is 0 Å². The van der Waals surface area contributed by atoms with Gasteiger partial charge in [-0.15, -0.1) is 0 Å². The zero-order chi connectivity index (χ0) is 13.4. The third kappa shape index (κ3) is 6.51. The van der Waals surface area contributed by atoms with Crippen LogP contribution < -0.4 is 10.1 Å². The molecule has 0 unspecified atom stereocenters. The molecule has 0 aliphatic heterocycles. The van der Waals surface area contributed by atoms with Gasteiger partial charge in [-0.05, 0) is 27.7 Å². The molecule has 1 N–H and O–H groups in total. The molecular weight excluding hydrogens is 230 g/mol. The second kappa shape index (κ2) is 7.28. The summed E-state index contributed by atoms with van der Waals surface area (Å²) in [4.78, 5) is 8.49. The van der Waals surface area contributed by atoms with Gasteiger partial charge in [-0.25, -0.2) is 4.98 Å². The average Bonchev–Trinajstić information content (AvgIpc) is 2.32. The maximum Gasteiger partial charge on any atom is 0.232 e. The van der Waals surface area contributed by atoms with E-state index in [4.69, 9.17) is 9.47 Å². The van der Waals surface area contributed by atoms with Crippen LogP contribution in [0, 0.1) is 0 Å². The van der Waals surface area contributed by atoms with Gasteiger partial charge in [-0.2, -0.15) is 0 Å². The maximum absolute atomic E-state index is 5.45. The third-order valence-corrected chi connectivity index (χ3v) is 2.14. The van der Waals surface area contributed by atoms with Crippen molar-refractivity contribution in [2.24, 2.45) is 0 Å². The molecule has 0 aliphatic carbocycles. The van der Waals surface area contributed by atoms with E-state index >= 15 is 0 Å². The SMILES string of the molecule is CCOCCOc1cncc(CNC(C)(C)C)n1. The van der Waals surface area contributed by atoms with E-state index < -0.39 is 0 Å². The highest BCUT2D eigenvalue weighted by molar-refractivity contribution is 5.08. The van der Waals surface area contributed by atoms with Gasteiger partial charge >= 0.3 is 0 Å². The first-order valence-electron chi connectivity index (χ1n) is 6.28. The number of rotatable bonds is 7. The Labute approximate surface area is 109 Å². The Kier molecular flexibility index (Phi) is 6.01. The molecule has 0 bridgehead atoms. The van der Waals surface area contributed by atoms with E-state index in [1.54, 1.807) is 12.4 Å². The Morgan fingerprint density at radius 1 is 1.22 bits per heavy atom. The van der Waals surface area contributed by atoms with E-state index in [0.29, 0.717) is 32.2 Å². The molecule has 0 aliphatic rings. The molecule has 5 nitrogen and oxygen atoms in total. The first kappa shape index (κ1) is 14.9. The van der Waals surface area contributed by atoms with Gasteiger partial charge in [0.1, 0.15) is 6.61 Å². The van der Waals surface area contributed by atoms with Crippen LogP contribution in [0.5, 0.6) is 5.88 Å². The van der Waals surface area contributed by atoms with Crippen molar-refractivity contribution in [1.29, 1.82) is 0 Å². The van der Waals surface area contributed by atoms with Gasteiger partial charge in [0, 0.05) is 24.9 Å². The molecule has 1 heterocycles. The van der Waals surface area contributed by atoms with E-state index in [1.807, 2.05) is 6.92 Å². The molecular formula is C13H23N3O2. The first-order chi connectivity index (χ1) is 8.51. The molecule has 0 spiro atoms. The quantitative estimate of drug-likeness (QED) is 0.751. The minimum atomic E-state index is 0.0630. The van der Waals surface area contributed by atoms with Crippen LogP contribution in [-0.2, 0) is 11.3 Å². The topological polar surface area (TPSA) is 56.3 Å². The fourth-order valence-electron chi connectivity index (χ4n) is 1.25. The minimum absolute atomic E-state index is 0.0630. The van der Waals surface area contributed by atoms with Gasteiger partial charge in [0.2, 0.25) is 5.88 Å². The van der Waals surface area contributed by atoms with Crippen molar-refractivity contribution in [2.45, 2.75) is 39.8 Å². The molecule has 0 atom stereocenters. The van der Waals surface area contributed by atoms with Crippen molar-refractivity contribution in [3.8, 4) is 5.88 Å². The summed E-state index contributed by atoms with van der Waals surface area (Å²) in [6, 6.07) is 0. The summed E-state index contributed by atoms with van der Waals surface area (Å²) < 4.78 is 10.6. The molecule has 0 saturated heterocycles. The number of nitrogens with zero attached hydrogens (tertiary/aromatic N) is 2. The fraction of sp³-hybridized carbons (Fsp3) is 0.692.